The first-order valence-corrected chi connectivity index (χ1v) is 9.28. The van der Waals surface area contributed by atoms with Crippen LogP contribution in [0.1, 0.15) is 39.0 Å². The predicted octanol–water partition coefficient (Wildman–Crippen LogP) is 2.70. The average Bonchev–Trinajstić information content (AvgIpc) is 3.04. The molecule has 1 aromatic rings. The summed E-state index contributed by atoms with van der Waals surface area (Å²) >= 11 is 0.915. The summed E-state index contributed by atoms with van der Waals surface area (Å²) in [5.74, 6) is 0. The van der Waals surface area contributed by atoms with Gasteiger partial charge in [-0.25, -0.2) is 13.1 Å². The van der Waals surface area contributed by atoms with Crippen LogP contribution in [-0.2, 0) is 10.0 Å². The van der Waals surface area contributed by atoms with Gasteiger partial charge in [-0.3, -0.25) is 10.1 Å². The van der Waals surface area contributed by atoms with Gasteiger partial charge in [-0.1, -0.05) is 31.1 Å². The van der Waals surface area contributed by atoms with Gasteiger partial charge in [0.15, 0.2) is 5.00 Å². The lowest BCUT2D eigenvalue weighted by Gasteiger charge is -2.10. The highest BCUT2D eigenvalue weighted by atomic mass is 32.2. The lowest BCUT2D eigenvalue weighted by atomic mass is 10.3. The molecule has 9 heteroatoms. The minimum Gasteiger partial charge on any atom is -0.371 e. The molecular formula is C12H19N3O4S2. The van der Waals surface area contributed by atoms with Gasteiger partial charge < -0.3 is 5.32 Å². The molecule has 1 fully saturated rings. The molecule has 0 amide bonds. The summed E-state index contributed by atoms with van der Waals surface area (Å²) in [6.45, 7) is 2.50. The van der Waals surface area contributed by atoms with E-state index in [9.17, 15) is 18.5 Å². The highest BCUT2D eigenvalue weighted by Gasteiger charge is 2.28. The lowest BCUT2D eigenvalue weighted by Crippen LogP contribution is -2.32. The SMILES string of the molecule is CCCNc1sc(S(=O)(=O)NC2CCCC2)cc1[N+](=O)[O-]. The summed E-state index contributed by atoms with van der Waals surface area (Å²) in [5, 5.41) is 14.2. The summed E-state index contributed by atoms with van der Waals surface area (Å²) in [7, 11) is -3.68. The van der Waals surface area contributed by atoms with Crippen LogP contribution in [0.5, 0.6) is 0 Å². The molecule has 0 aromatic carbocycles. The predicted molar refractivity (Wildman–Crippen MR) is 82.3 cm³/mol. The molecule has 0 bridgehead atoms. The molecule has 1 aromatic heterocycles. The number of rotatable bonds is 7. The summed E-state index contributed by atoms with van der Waals surface area (Å²) in [4.78, 5) is 10.5. The molecule has 0 aliphatic heterocycles. The van der Waals surface area contributed by atoms with Crippen LogP contribution in [0.25, 0.3) is 0 Å². The van der Waals surface area contributed by atoms with E-state index in [1.54, 1.807) is 0 Å². The molecule has 0 spiro atoms. The molecule has 2 N–H and O–H groups in total. The summed E-state index contributed by atoms with van der Waals surface area (Å²) < 4.78 is 27.2. The largest absolute Gasteiger partial charge is 0.371 e. The maximum Gasteiger partial charge on any atom is 0.304 e. The lowest BCUT2D eigenvalue weighted by molar-refractivity contribution is -0.383. The molecular weight excluding hydrogens is 314 g/mol. The molecule has 1 heterocycles. The second-order valence-electron chi connectivity index (χ2n) is 5.07. The summed E-state index contributed by atoms with van der Waals surface area (Å²) in [6, 6.07) is 1.09. The van der Waals surface area contributed by atoms with Crippen molar-refractivity contribution in [3.05, 3.63) is 16.2 Å². The Bertz CT molecular complexity index is 606. The molecule has 2 rings (SSSR count). The van der Waals surface area contributed by atoms with Gasteiger partial charge >= 0.3 is 5.69 Å². The highest BCUT2D eigenvalue weighted by molar-refractivity contribution is 7.91. The average molecular weight is 333 g/mol. The van der Waals surface area contributed by atoms with Gasteiger partial charge in [-0.05, 0) is 19.3 Å². The van der Waals surface area contributed by atoms with Crippen molar-refractivity contribution in [2.75, 3.05) is 11.9 Å². The van der Waals surface area contributed by atoms with Crippen molar-refractivity contribution < 1.29 is 13.3 Å². The zero-order valence-corrected chi connectivity index (χ0v) is 13.4. The monoisotopic (exact) mass is 333 g/mol. The van der Waals surface area contributed by atoms with Gasteiger partial charge in [0.25, 0.3) is 10.0 Å². The molecule has 1 aliphatic rings. The van der Waals surface area contributed by atoms with E-state index in [2.05, 4.69) is 10.0 Å². The second kappa shape index (κ2) is 6.71. The third-order valence-electron chi connectivity index (χ3n) is 3.36. The fourth-order valence-electron chi connectivity index (χ4n) is 2.31. The molecule has 7 nitrogen and oxygen atoms in total. The van der Waals surface area contributed by atoms with Gasteiger partial charge in [0.2, 0.25) is 0 Å². The Morgan fingerprint density at radius 2 is 2.10 bits per heavy atom. The Labute approximate surface area is 127 Å². The molecule has 1 aliphatic carbocycles. The van der Waals surface area contributed by atoms with Crippen LogP contribution < -0.4 is 10.0 Å². The number of thiophene rings is 1. The standard InChI is InChI=1S/C12H19N3O4S2/c1-2-7-13-12-10(15(16)17)8-11(20-12)21(18,19)14-9-5-3-4-6-9/h8-9,13-14H,2-7H2,1H3. The third-order valence-corrected chi connectivity index (χ3v) is 6.44. The van der Waals surface area contributed by atoms with Crippen LogP contribution in [-0.4, -0.2) is 25.9 Å². The topological polar surface area (TPSA) is 101 Å². The van der Waals surface area contributed by atoms with Crippen molar-refractivity contribution in [1.82, 2.24) is 4.72 Å². The number of hydrogen-bond donors (Lipinski definition) is 2. The molecule has 0 unspecified atom stereocenters. The fourth-order valence-corrected chi connectivity index (χ4v) is 4.99. The first-order valence-electron chi connectivity index (χ1n) is 6.98. The Hall–Kier alpha value is -1.19. The number of nitrogens with zero attached hydrogens (tertiary/aromatic N) is 1. The van der Waals surface area contributed by atoms with E-state index in [4.69, 9.17) is 0 Å². The zero-order valence-electron chi connectivity index (χ0n) is 11.8. The van der Waals surface area contributed by atoms with Crippen molar-refractivity contribution in [2.24, 2.45) is 0 Å². The van der Waals surface area contributed by atoms with Crippen LogP contribution in [0.2, 0.25) is 0 Å². The van der Waals surface area contributed by atoms with Crippen molar-refractivity contribution in [2.45, 2.75) is 49.3 Å². The van der Waals surface area contributed by atoms with E-state index in [0.29, 0.717) is 11.5 Å². The van der Waals surface area contributed by atoms with Crippen molar-refractivity contribution >= 4 is 32.0 Å². The number of anilines is 1. The van der Waals surface area contributed by atoms with Crippen LogP contribution in [0.4, 0.5) is 10.7 Å². The minimum atomic E-state index is -3.68. The van der Waals surface area contributed by atoms with Gasteiger partial charge in [-0.2, -0.15) is 0 Å². The molecule has 1 saturated carbocycles. The Balaban J connectivity index is 2.23. The fraction of sp³-hybridized carbons (Fsp3) is 0.667. The molecule has 0 radical (unpaired) electrons. The van der Waals surface area contributed by atoms with Crippen molar-refractivity contribution in [3.8, 4) is 0 Å². The zero-order chi connectivity index (χ0) is 15.5. The first-order chi connectivity index (χ1) is 9.94. The normalized spacial score (nSPS) is 16.2. The Kier molecular flexibility index (Phi) is 5.17. The van der Waals surface area contributed by atoms with Crippen LogP contribution in [0.3, 0.4) is 0 Å². The Morgan fingerprint density at radius 1 is 1.43 bits per heavy atom. The van der Waals surface area contributed by atoms with E-state index >= 15 is 0 Å². The Morgan fingerprint density at radius 3 is 2.67 bits per heavy atom. The number of nitrogens with one attached hydrogen (secondary N) is 2. The van der Waals surface area contributed by atoms with E-state index < -0.39 is 14.9 Å². The van der Waals surface area contributed by atoms with Crippen LogP contribution in [0, 0.1) is 10.1 Å². The number of hydrogen-bond acceptors (Lipinski definition) is 6. The van der Waals surface area contributed by atoms with E-state index in [0.717, 1.165) is 49.5 Å². The van der Waals surface area contributed by atoms with Gasteiger partial charge in [0.05, 0.1) is 4.92 Å². The van der Waals surface area contributed by atoms with Crippen molar-refractivity contribution in [1.29, 1.82) is 0 Å². The molecule has 0 atom stereocenters. The maximum absolute atomic E-state index is 12.3. The quantitative estimate of drug-likeness (QED) is 0.590. The van der Waals surface area contributed by atoms with Gasteiger partial charge in [-0.15, -0.1) is 0 Å². The summed E-state index contributed by atoms with van der Waals surface area (Å²) in [5.41, 5.74) is -0.180. The second-order valence-corrected chi connectivity index (χ2v) is 8.06. The van der Waals surface area contributed by atoms with E-state index in [1.165, 1.54) is 0 Å². The third kappa shape index (κ3) is 3.92. The van der Waals surface area contributed by atoms with Crippen molar-refractivity contribution in [3.63, 3.8) is 0 Å². The maximum atomic E-state index is 12.3. The van der Waals surface area contributed by atoms with E-state index in [-0.39, 0.29) is 15.9 Å². The van der Waals surface area contributed by atoms with Crippen LogP contribution >= 0.6 is 11.3 Å². The minimum absolute atomic E-state index is 0.000275. The number of nitro groups is 1. The van der Waals surface area contributed by atoms with Crippen LogP contribution in [0.15, 0.2) is 10.3 Å². The van der Waals surface area contributed by atoms with E-state index in [1.807, 2.05) is 6.92 Å². The molecule has 21 heavy (non-hydrogen) atoms. The van der Waals surface area contributed by atoms with Gasteiger partial charge in [0, 0.05) is 18.7 Å². The smallest absolute Gasteiger partial charge is 0.304 e. The first kappa shape index (κ1) is 16.2. The number of sulfonamides is 1. The summed E-state index contributed by atoms with van der Waals surface area (Å²) in [6.07, 6.45) is 4.49. The molecule has 118 valence electrons. The highest BCUT2D eigenvalue weighted by Crippen LogP contribution is 2.37. The van der Waals surface area contributed by atoms with Gasteiger partial charge in [0.1, 0.15) is 4.21 Å². The molecule has 0 saturated heterocycles.